The molecule has 1 aliphatic carbocycles. The molecule has 1 fully saturated rings. The standard InChI is InChI=1S/C16H26N2O2/c1-17(2)16(8-5-9-16)12-18(3)11-13-6-7-14(20-4)10-15(13)19/h6-7,10,19H,5,8-9,11-12H2,1-4H3. The van der Waals surface area contributed by atoms with E-state index in [-0.39, 0.29) is 0 Å². The van der Waals surface area contributed by atoms with Gasteiger partial charge in [0.1, 0.15) is 11.5 Å². The number of hydrogen-bond donors (Lipinski definition) is 1. The molecular weight excluding hydrogens is 252 g/mol. The van der Waals surface area contributed by atoms with Crippen molar-refractivity contribution >= 4 is 0 Å². The zero-order chi connectivity index (χ0) is 14.8. The van der Waals surface area contributed by atoms with Crippen LogP contribution in [-0.2, 0) is 6.54 Å². The van der Waals surface area contributed by atoms with E-state index in [0.717, 1.165) is 18.7 Å². The molecule has 112 valence electrons. The molecule has 4 heteroatoms. The topological polar surface area (TPSA) is 35.9 Å². The van der Waals surface area contributed by atoms with Crippen molar-refractivity contribution in [2.24, 2.45) is 0 Å². The second-order valence-electron chi connectivity index (χ2n) is 6.14. The number of phenolic OH excluding ortho intramolecular Hbond substituents is 1. The van der Waals surface area contributed by atoms with Gasteiger partial charge >= 0.3 is 0 Å². The first kappa shape index (κ1) is 15.1. The quantitative estimate of drug-likeness (QED) is 0.866. The third-order valence-corrected chi connectivity index (χ3v) is 4.53. The van der Waals surface area contributed by atoms with Gasteiger partial charge in [-0.2, -0.15) is 0 Å². The van der Waals surface area contributed by atoms with Crippen LogP contribution in [0.4, 0.5) is 0 Å². The van der Waals surface area contributed by atoms with Gasteiger partial charge in [0, 0.05) is 30.3 Å². The number of benzene rings is 1. The van der Waals surface area contributed by atoms with Crippen molar-refractivity contribution in [3.8, 4) is 11.5 Å². The van der Waals surface area contributed by atoms with E-state index in [1.54, 1.807) is 13.2 Å². The summed E-state index contributed by atoms with van der Waals surface area (Å²) >= 11 is 0. The molecule has 1 aromatic carbocycles. The van der Waals surface area contributed by atoms with Gasteiger partial charge in [-0.25, -0.2) is 0 Å². The number of methoxy groups -OCH3 is 1. The van der Waals surface area contributed by atoms with E-state index in [1.165, 1.54) is 19.3 Å². The summed E-state index contributed by atoms with van der Waals surface area (Å²) in [4.78, 5) is 4.64. The SMILES string of the molecule is COc1ccc(CN(C)CC2(N(C)C)CCC2)c(O)c1. The molecule has 0 aliphatic heterocycles. The van der Waals surface area contributed by atoms with Gasteiger partial charge in [-0.1, -0.05) is 6.07 Å². The first-order valence-electron chi connectivity index (χ1n) is 7.19. The lowest BCUT2D eigenvalue weighted by Gasteiger charge is -2.49. The Hall–Kier alpha value is -1.26. The summed E-state index contributed by atoms with van der Waals surface area (Å²) in [5.41, 5.74) is 1.26. The highest BCUT2D eigenvalue weighted by Crippen LogP contribution is 2.37. The Morgan fingerprint density at radius 3 is 2.40 bits per heavy atom. The predicted octanol–water partition coefficient (Wildman–Crippen LogP) is 2.32. The fraction of sp³-hybridized carbons (Fsp3) is 0.625. The summed E-state index contributed by atoms with van der Waals surface area (Å²) in [6.45, 7) is 1.79. The highest BCUT2D eigenvalue weighted by molar-refractivity contribution is 5.39. The number of phenols is 1. The Labute approximate surface area is 122 Å². The van der Waals surface area contributed by atoms with Crippen LogP contribution in [0.25, 0.3) is 0 Å². The molecule has 0 radical (unpaired) electrons. The van der Waals surface area contributed by atoms with Gasteiger partial charge in [0.05, 0.1) is 7.11 Å². The Balaban J connectivity index is 1.99. The van der Waals surface area contributed by atoms with E-state index in [1.807, 2.05) is 12.1 Å². The lowest BCUT2D eigenvalue weighted by molar-refractivity contribution is 0.0257. The van der Waals surface area contributed by atoms with Crippen LogP contribution in [0.5, 0.6) is 11.5 Å². The second kappa shape index (κ2) is 6.02. The van der Waals surface area contributed by atoms with E-state index in [9.17, 15) is 5.11 Å². The van der Waals surface area contributed by atoms with Gasteiger partial charge in [0.15, 0.2) is 0 Å². The molecule has 4 nitrogen and oxygen atoms in total. The van der Waals surface area contributed by atoms with E-state index >= 15 is 0 Å². The molecule has 0 spiro atoms. The zero-order valence-corrected chi connectivity index (χ0v) is 13.0. The van der Waals surface area contributed by atoms with Crippen LogP contribution in [0.3, 0.4) is 0 Å². The van der Waals surface area contributed by atoms with Crippen LogP contribution in [0.15, 0.2) is 18.2 Å². The van der Waals surface area contributed by atoms with Crippen LogP contribution in [-0.4, -0.2) is 55.2 Å². The molecule has 0 amide bonds. The third kappa shape index (κ3) is 3.07. The van der Waals surface area contributed by atoms with Gasteiger partial charge in [-0.05, 0) is 46.5 Å². The number of hydrogen-bond acceptors (Lipinski definition) is 4. The number of likely N-dealkylation sites (N-methyl/N-ethyl adjacent to an activating group) is 2. The number of aromatic hydroxyl groups is 1. The molecule has 0 saturated heterocycles. The average Bonchev–Trinajstić information content (AvgIpc) is 2.35. The number of ether oxygens (including phenoxy) is 1. The highest BCUT2D eigenvalue weighted by atomic mass is 16.5. The van der Waals surface area contributed by atoms with Gasteiger partial charge in [0.2, 0.25) is 0 Å². The van der Waals surface area contributed by atoms with Crippen molar-refractivity contribution < 1.29 is 9.84 Å². The zero-order valence-electron chi connectivity index (χ0n) is 13.0. The largest absolute Gasteiger partial charge is 0.507 e. The molecule has 0 aromatic heterocycles. The Kier molecular flexibility index (Phi) is 4.55. The molecule has 1 aliphatic rings. The van der Waals surface area contributed by atoms with Gasteiger partial charge < -0.3 is 19.6 Å². The molecular formula is C16H26N2O2. The van der Waals surface area contributed by atoms with Crippen LogP contribution < -0.4 is 4.74 Å². The minimum Gasteiger partial charge on any atom is -0.507 e. The second-order valence-corrected chi connectivity index (χ2v) is 6.14. The molecule has 1 aromatic rings. The van der Waals surface area contributed by atoms with Crippen molar-refractivity contribution in [3.63, 3.8) is 0 Å². The number of rotatable bonds is 6. The van der Waals surface area contributed by atoms with Crippen LogP contribution in [0, 0.1) is 0 Å². The molecule has 0 heterocycles. The fourth-order valence-electron chi connectivity index (χ4n) is 2.99. The van der Waals surface area contributed by atoms with Crippen molar-refractivity contribution in [1.29, 1.82) is 0 Å². The first-order chi connectivity index (χ1) is 9.47. The van der Waals surface area contributed by atoms with Crippen LogP contribution in [0.1, 0.15) is 24.8 Å². The minimum atomic E-state index is 0.309. The average molecular weight is 278 g/mol. The maximum absolute atomic E-state index is 10.0. The van der Waals surface area contributed by atoms with Crippen molar-refractivity contribution in [3.05, 3.63) is 23.8 Å². The van der Waals surface area contributed by atoms with Crippen LogP contribution >= 0.6 is 0 Å². The van der Waals surface area contributed by atoms with Gasteiger partial charge in [-0.3, -0.25) is 0 Å². The summed E-state index contributed by atoms with van der Waals surface area (Å²) in [6.07, 6.45) is 3.84. The Morgan fingerprint density at radius 2 is 1.95 bits per heavy atom. The Bertz CT molecular complexity index is 456. The number of nitrogens with zero attached hydrogens (tertiary/aromatic N) is 2. The molecule has 1 saturated carbocycles. The summed E-state index contributed by atoms with van der Waals surface area (Å²) in [6, 6.07) is 5.51. The molecule has 20 heavy (non-hydrogen) atoms. The molecule has 0 unspecified atom stereocenters. The first-order valence-corrected chi connectivity index (χ1v) is 7.19. The summed E-state index contributed by atoms with van der Waals surface area (Å²) in [5, 5.41) is 10.0. The van der Waals surface area contributed by atoms with Crippen molar-refractivity contribution in [2.75, 3.05) is 34.8 Å². The van der Waals surface area contributed by atoms with Gasteiger partial charge in [0.25, 0.3) is 0 Å². The highest BCUT2D eigenvalue weighted by Gasteiger charge is 2.39. The summed E-state index contributed by atoms with van der Waals surface area (Å²) in [5.74, 6) is 1.00. The van der Waals surface area contributed by atoms with Crippen molar-refractivity contribution in [1.82, 2.24) is 9.80 Å². The van der Waals surface area contributed by atoms with E-state index in [2.05, 4.69) is 30.9 Å². The fourth-order valence-corrected chi connectivity index (χ4v) is 2.99. The third-order valence-electron chi connectivity index (χ3n) is 4.53. The van der Waals surface area contributed by atoms with Crippen LogP contribution in [0.2, 0.25) is 0 Å². The van der Waals surface area contributed by atoms with E-state index in [0.29, 0.717) is 17.0 Å². The molecule has 1 N–H and O–H groups in total. The van der Waals surface area contributed by atoms with Gasteiger partial charge in [-0.15, -0.1) is 0 Å². The smallest absolute Gasteiger partial charge is 0.123 e. The lowest BCUT2D eigenvalue weighted by atomic mass is 9.75. The normalized spacial score (nSPS) is 17.3. The molecule has 2 rings (SSSR count). The van der Waals surface area contributed by atoms with E-state index in [4.69, 9.17) is 4.74 Å². The Morgan fingerprint density at radius 1 is 1.25 bits per heavy atom. The minimum absolute atomic E-state index is 0.309. The summed E-state index contributed by atoms with van der Waals surface area (Å²) in [7, 11) is 8.06. The summed E-state index contributed by atoms with van der Waals surface area (Å²) < 4.78 is 5.11. The van der Waals surface area contributed by atoms with E-state index < -0.39 is 0 Å². The molecule has 0 bridgehead atoms. The monoisotopic (exact) mass is 278 g/mol. The predicted molar refractivity (Wildman–Crippen MR) is 81.3 cm³/mol. The molecule has 0 atom stereocenters. The maximum atomic E-state index is 10.0. The van der Waals surface area contributed by atoms with Crippen molar-refractivity contribution in [2.45, 2.75) is 31.3 Å². The lowest BCUT2D eigenvalue weighted by Crippen LogP contribution is -2.56. The maximum Gasteiger partial charge on any atom is 0.123 e.